The third kappa shape index (κ3) is 4.41. The smallest absolute Gasteiger partial charge is 0.337 e. The van der Waals surface area contributed by atoms with E-state index in [2.05, 4.69) is 10.3 Å². The topological polar surface area (TPSA) is 76.8 Å². The van der Waals surface area contributed by atoms with Gasteiger partial charge in [-0.25, -0.2) is 4.79 Å². The Morgan fingerprint density at radius 1 is 1.08 bits per heavy atom. The summed E-state index contributed by atoms with van der Waals surface area (Å²) in [5, 5.41) is 4.38. The van der Waals surface area contributed by atoms with Crippen LogP contribution in [-0.2, 0) is 4.74 Å². The van der Waals surface area contributed by atoms with E-state index in [1.54, 1.807) is 37.6 Å². The van der Waals surface area contributed by atoms with Crippen LogP contribution in [0.5, 0.6) is 5.75 Å². The highest BCUT2D eigenvalue weighted by molar-refractivity contribution is 7.80. The fraction of sp³-hybridized carbons (Fsp3) is 0.148. The summed E-state index contributed by atoms with van der Waals surface area (Å²) in [7, 11) is 2.93. The molecular formula is C27H22ClN3O4S. The number of carbonyl (C=O) groups is 1. The Labute approximate surface area is 218 Å². The predicted octanol–water partition coefficient (Wildman–Crippen LogP) is 5.97. The highest BCUT2D eigenvalue weighted by atomic mass is 35.5. The molecule has 36 heavy (non-hydrogen) atoms. The zero-order valence-corrected chi connectivity index (χ0v) is 21.0. The standard InChI is InChI=1S/C27H22ClN3O4S/c1-33-22-10-9-18(15-19(22)28)31-25(24(30-27(31)36)20-8-3-4-13-29-20)23-12-11-21(35-23)16-6-5-7-17(14-16)26(32)34-2/h3-15,24-25H,1-2H3,(H,30,36). The van der Waals surface area contributed by atoms with Gasteiger partial charge in [0.15, 0.2) is 5.11 Å². The molecule has 0 bridgehead atoms. The van der Waals surface area contributed by atoms with Crippen molar-refractivity contribution in [3.8, 4) is 17.1 Å². The molecule has 1 aliphatic rings. The number of esters is 1. The second kappa shape index (κ2) is 10.0. The molecule has 5 rings (SSSR count). The number of anilines is 1. The lowest BCUT2D eigenvalue weighted by atomic mass is 10.0. The van der Waals surface area contributed by atoms with Crippen LogP contribution in [0.3, 0.4) is 0 Å². The second-order valence-corrected chi connectivity index (χ2v) is 8.88. The Kier molecular flexibility index (Phi) is 6.63. The Hall–Kier alpha value is -3.88. The first-order valence-electron chi connectivity index (χ1n) is 11.1. The van der Waals surface area contributed by atoms with E-state index < -0.39 is 5.97 Å². The molecule has 2 aromatic heterocycles. The molecule has 2 atom stereocenters. The molecule has 1 aliphatic heterocycles. The number of methoxy groups -OCH3 is 2. The summed E-state index contributed by atoms with van der Waals surface area (Å²) in [5.74, 6) is 1.44. The molecule has 0 saturated carbocycles. The van der Waals surface area contributed by atoms with Gasteiger partial charge in [0.1, 0.15) is 23.3 Å². The van der Waals surface area contributed by atoms with Crippen LogP contribution in [0.4, 0.5) is 5.69 Å². The third-order valence-electron chi connectivity index (χ3n) is 6.00. The van der Waals surface area contributed by atoms with Gasteiger partial charge >= 0.3 is 5.97 Å². The zero-order valence-electron chi connectivity index (χ0n) is 19.5. The van der Waals surface area contributed by atoms with E-state index in [0.29, 0.717) is 33.0 Å². The first-order valence-corrected chi connectivity index (χ1v) is 11.9. The highest BCUT2D eigenvalue weighted by Crippen LogP contribution is 2.44. The van der Waals surface area contributed by atoms with Crippen LogP contribution < -0.4 is 15.0 Å². The summed E-state index contributed by atoms with van der Waals surface area (Å²) in [6, 6.07) is 21.5. The van der Waals surface area contributed by atoms with Gasteiger partial charge in [0.2, 0.25) is 0 Å². The average Bonchev–Trinajstić information content (AvgIpc) is 3.53. The molecule has 0 spiro atoms. The number of hydrogen-bond acceptors (Lipinski definition) is 6. The summed E-state index contributed by atoms with van der Waals surface area (Å²) in [5.41, 5.74) is 2.80. The molecule has 182 valence electrons. The van der Waals surface area contributed by atoms with Gasteiger partial charge in [-0.3, -0.25) is 4.98 Å². The van der Waals surface area contributed by atoms with Gasteiger partial charge < -0.3 is 24.1 Å². The molecular weight excluding hydrogens is 498 g/mol. The van der Waals surface area contributed by atoms with E-state index in [-0.39, 0.29) is 12.1 Å². The van der Waals surface area contributed by atoms with E-state index in [9.17, 15) is 4.79 Å². The number of ether oxygens (including phenoxy) is 2. The Morgan fingerprint density at radius 3 is 2.67 bits per heavy atom. The van der Waals surface area contributed by atoms with Crippen LogP contribution in [0.1, 0.15) is 33.9 Å². The summed E-state index contributed by atoms with van der Waals surface area (Å²) in [6.07, 6.45) is 1.75. The first-order chi connectivity index (χ1) is 17.5. The molecule has 9 heteroatoms. The quantitative estimate of drug-likeness (QED) is 0.247. The normalized spacial score (nSPS) is 17.1. The van der Waals surface area contributed by atoms with Gasteiger partial charge in [0.25, 0.3) is 0 Å². The van der Waals surface area contributed by atoms with Crippen molar-refractivity contribution in [2.24, 2.45) is 0 Å². The van der Waals surface area contributed by atoms with Gasteiger partial charge in [-0.1, -0.05) is 29.8 Å². The first kappa shape index (κ1) is 23.8. The molecule has 2 aromatic carbocycles. The number of carbonyl (C=O) groups excluding carboxylic acids is 1. The Balaban J connectivity index is 1.58. The van der Waals surface area contributed by atoms with Gasteiger partial charge in [-0.2, -0.15) is 0 Å². The number of rotatable bonds is 6. The van der Waals surface area contributed by atoms with E-state index in [0.717, 1.165) is 16.9 Å². The van der Waals surface area contributed by atoms with E-state index in [1.807, 2.05) is 53.4 Å². The molecule has 2 unspecified atom stereocenters. The Bertz CT molecular complexity index is 1430. The summed E-state index contributed by atoms with van der Waals surface area (Å²) in [4.78, 5) is 18.5. The second-order valence-electron chi connectivity index (χ2n) is 8.09. The van der Waals surface area contributed by atoms with Gasteiger partial charge in [0.05, 0.1) is 36.5 Å². The fourth-order valence-electron chi connectivity index (χ4n) is 4.31. The number of halogens is 1. The molecule has 1 fully saturated rings. The van der Waals surface area contributed by atoms with Crippen LogP contribution in [0.15, 0.2) is 83.4 Å². The Morgan fingerprint density at radius 2 is 1.94 bits per heavy atom. The maximum atomic E-state index is 12.0. The number of nitrogens with zero attached hydrogens (tertiary/aromatic N) is 2. The minimum absolute atomic E-state index is 0.278. The van der Waals surface area contributed by atoms with Gasteiger partial charge in [-0.05, 0) is 66.8 Å². The number of hydrogen-bond donors (Lipinski definition) is 1. The average molecular weight is 520 g/mol. The molecule has 4 aromatic rings. The van der Waals surface area contributed by atoms with Crippen molar-refractivity contribution in [2.75, 3.05) is 19.1 Å². The molecule has 0 aliphatic carbocycles. The van der Waals surface area contributed by atoms with Crippen molar-refractivity contribution in [3.05, 3.63) is 101 Å². The molecule has 0 radical (unpaired) electrons. The molecule has 7 nitrogen and oxygen atoms in total. The lowest BCUT2D eigenvalue weighted by Crippen LogP contribution is -2.29. The highest BCUT2D eigenvalue weighted by Gasteiger charge is 2.42. The molecule has 1 N–H and O–H groups in total. The minimum Gasteiger partial charge on any atom is -0.495 e. The van der Waals surface area contributed by atoms with Crippen LogP contribution in [0, 0.1) is 0 Å². The van der Waals surface area contributed by atoms with Crippen LogP contribution in [0.2, 0.25) is 5.02 Å². The fourth-order valence-corrected chi connectivity index (χ4v) is 4.91. The molecule has 0 amide bonds. The maximum absolute atomic E-state index is 12.0. The lowest BCUT2D eigenvalue weighted by Gasteiger charge is -2.26. The molecule has 1 saturated heterocycles. The third-order valence-corrected chi connectivity index (χ3v) is 6.61. The summed E-state index contributed by atoms with van der Waals surface area (Å²) >= 11 is 12.2. The SMILES string of the molecule is COC(=O)c1cccc(-c2ccc(C3C(c4ccccn4)NC(=S)N3c3ccc(OC)c(Cl)c3)o2)c1. The van der Waals surface area contributed by atoms with Crippen LogP contribution >= 0.6 is 23.8 Å². The number of benzene rings is 2. The predicted molar refractivity (Wildman–Crippen MR) is 141 cm³/mol. The van der Waals surface area contributed by atoms with Gasteiger partial charge in [-0.15, -0.1) is 0 Å². The van der Waals surface area contributed by atoms with Crippen LogP contribution in [-0.4, -0.2) is 30.3 Å². The number of furan rings is 1. The monoisotopic (exact) mass is 519 g/mol. The summed E-state index contributed by atoms with van der Waals surface area (Å²) in [6.45, 7) is 0. The number of aromatic nitrogens is 1. The van der Waals surface area contributed by atoms with Crippen molar-refractivity contribution in [1.82, 2.24) is 10.3 Å². The number of nitrogens with one attached hydrogen (secondary N) is 1. The van der Waals surface area contributed by atoms with Crippen molar-refractivity contribution >= 4 is 40.6 Å². The van der Waals surface area contributed by atoms with Crippen molar-refractivity contribution in [2.45, 2.75) is 12.1 Å². The van der Waals surface area contributed by atoms with Crippen molar-refractivity contribution < 1.29 is 18.7 Å². The van der Waals surface area contributed by atoms with Crippen LogP contribution in [0.25, 0.3) is 11.3 Å². The van der Waals surface area contributed by atoms with Crippen molar-refractivity contribution in [1.29, 1.82) is 0 Å². The maximum Gasteiger partial charge on any atom is 0.337 e. The largest absolute Gasteiger partial charge is 0.495 e. The molecule has 3 heterocycles. The number of pyridine rings is 1. The summed E-state index contributed by atoms with van der Waals surface area (Å²) < 4.78 is 16.5. The van der Waals surface area contributed by atoms with E-state index in [4.69, 9.17) is 37.7 Å². The zero-order chi connectivity index (χ0) is 25.2. The minimum atomic E-state index is -0.410. The van der Waals surface area contributed by atoms with Crippen molar-refractivity contribution in [3.63, 3.8) is 0 Å². The van der Waals surface area contributed by atoms with E-state index in [1.165, 1.54) is 7.11 Å². The van der Waals surface area contributed by atoms with Gasteiger partial charge in [0, 0.05) is 17.4 Å². The van der Waals surface area contributed by atoms with E-state index >= 15 is 0 Å². The number of thiocarbonyl (C=S) groups is 1. The lowest BCUT2D eigenvalue weighted by molar-refractivity contribution is 0.0601.